The van der Waals surface area contributed by atoms with Crippen molar-refractivity contribution in [1.29, 1.82) is 0 Å². The lowest BCUT2D eigenvalue weighted by Gasteiger charge is -2.36. The highest BCUT2D eigenvalue weighted by Crippen LogP contribution is 2.23. The molecule has 2 N–H and O–H groups in total. The van der Waals surface area contributed by atoms with E-state index >= 15 is 0 Å². The van der Waals surface area contributed by atoms with Crippen LogP contribution in [-0.2, 0) is 4.79 Å². The van der Waals surface area contributed by atoms with Crippen LogP contribution in [-0.4, -0.2) is 47.2 Å². The third-order valence-corrected chi connectivity index (χ3v) is 4.65. The van der Waals surface area contributed by atoms with Crippen molar-refractivity contribution in [1.82, 2.24) is 10.2 Å². The average molecular weight is 284 g/mol. The summed E-state index contributed by atoms with van der Waals surface area (Å²) in [6, 6.07) is 0.187. The Morgan fingerprint density at radius 1 is 1.40 bits per heavy atom. The molecular weight excluding hydrogens is 252 g/mol. The molecule has 0 saturated carbocycles. The molecule has 0 aromatic rings. The summed E-state index contributed by atoms with van der Waals surface area (Å²) in [5.74, 6) is 0.827. The molecule has 1 rings (SSSR count). The maximum atomic E-state index is 11.5. The van der Waals surface area contributed by atoms with E-state index in [0.29, 0.717) is 6.42 Å². The SMILES string of the molecule is CC(C)NC(C)(CCCN1CCC(C)C(C)C1)C(=O)O. The Kier molecular flexibility index (Phi) is 6.46. The Labute approximate surface area is 123 Å². The third kappa shape index (κ3) is 5.06. The Bertz CT molecular complexity index is 320. The molecule has 4 nitrogen and oxygen atoms in total. The van der Waals surface area contributed by atoms with Gasteiger partial charge in [0.1, 0.15) is 5.54 Å². The summed E-state index contributed by atoms with van der Waals surface area (Å²) >= 11 is 0. The lowest BCUT2D eigenvalue weighted by Crippen LogP contribution is -2.52. The number of rotatable bonds is 7. The summed E-state index contributed by atoms with van der Waals surface area (Å²) in [6.45, 7) is 13.8. The standard InChI is InChI=1S/C16H32N2O2/c1-12(2)17-16(5,15(19)20)8-6-9-18-10-7-13(3)14(4)11-18/h12-14,17H,6-11H2,1-5H3,(H,19,20). The number of aliphatic carboxylic acids is 1. The topological polar surface area (TPSA) is 52.6 Å². The number of piperidine rings is 1. The van der Waals surface area contributed by atoms with Gasteiger partial charge in [-0.2, -0.15) is 0 Å². The van der Waals surface area contributed by atoms with Gasteiger partial charge in [0.25, 0.3) is 0 Å². The quantitative estimate of drug-likeness (QED) is 0.754. The summed E-state index contributed by atoms with van der Waals surface area (Å²) in [5, 5.41) is 12.6. The minimum atomic E-state index is -0.803. The van der Waals surface area contributed by atoms with Gasteiger partial charge in [0.05, 0.1) is 0 Å². The minimum Gasteiger partial charge on any atom is -0.480 e. The number of likely N-dealkylation sites (tertiary alicyclic amines) is 1. The van der Waals surface area contributed by atoms with Crippen LogP contribution < -0.4 is 5.32 Å². The highest BCUT2D eigenvalue weighted by Gasteiger charge is 2.33. The van der Waals surface area contributed by atoms with Gasteiger partial charge in [-0.25, -0.2) is 0 Å². The van der Waals surface area contributed by atoms with Gasteiger partial charge in [-0.1, -0.05) is 13.8 Å². The van der Waals surface area contributed by atoms with E-state index in [4.69, 9.17) is 0 Å². The molecule has 0 bridgehead atoms. The Hall–Kier alpha value is -0.610. The summed E-state index contributed by atoms with van der Waals surface area (Å²) in [5.41, 5.74) is -0.803. The molecule has 1 aliphatic heterocycles. The van der Waals surface area contributed by atoms with Gasteiger partial charge in [0.15, 0.2) is 0 Å². The van der Waals surface area contributed by atoms with Crippen molar-refractivity contribution in [2.24, 2.45) is 11.8 Å². The molecule has 1 aliphatic rings. The molecule has 0 amide bonds. The summed E-state index contributed by atoms with van der Waals surface area (Å²) in [7, 11) is 0. The van der Waals surface area contributed by atoms with Crippen LogP contribution in [0.4, 0.5) is 0 Å². The average Bonchev–Trinajstić information content (AvgIpc) is 2.32. The van der Waals surface area contributed by atoms with Gasteiger partial charge in [0, 0.05) is 12.6 Å². The molecule has 3 atom stereocenters. The zero-order chi connectivity index (χ0) is 15.3. The molecule has 3 unspecified atom stereocenters. The van der Waals surface area contributed by atoms with E-state index in [1.54, 1.807) is 6.92 Å². The van der Waals surface area contributed by atoms with Crippen molar-refractivity contribution in [3.63, 3.8) is 0 Å². The van der Waals surface area contributed by atoms with Crippen LogP contribution in [0.15, 0.2) is 0 Å². The summed E-state index contributed by atoms with van der Waals surface area (Å²) < 4.78 is 0. The number of nitrogens with one attached hydrogen (secondary N) is 1. The highest BCUT2D eigenvalue weighted by molar-refractivity contribution is 5.78. The lowest BCUT2D eigenvalue weighted by molar-refractivity contribution is -0.144. The normalized spacial score (nSPS) is 27.5. The van der Waals surface area contributed by atoms with E-state index < -0.39 is 11.5 Å². The molecule has 1 heterocycles. The smallest absolute Gasteiger partial charge is 0.323 e. The van der Waals surface area contributed by atoms with Gasteiger partial charge in [0.2, 0.25) is 0 Å². The number of nitrogens with zero attached hydrogens (tertiary/aromatic N) is 1. The maximum Gasteiger partial charge on any atom is 0.323 e. The summed E-state index contributed by atoms with van der Waals surface area (Å²) in [4.78, 5) is 13.9. The van der Waals surface area contributed by atoms with Gasteiger partial charge in [-0.3, -0.25) is 10.1 Å². The lowest BCUT2D eigenvalue weighted by atomic mass is 9.88. The number of carboxylic acid groups (broad SMARTS) is 1. The van der Waals surface area contributed by atoms with E-state index in [2.05, 4.69) is 24.1 Å². The van der Waals surface area contributed by atoms with Crippen molar-refractivity contribution in [3.05, 3.63) is 0 Å². The maximum absolute atomic E-state index is 11.5. The molecule has 0 spiro atoms. The first-order valence-corrected chi connectivity index (χ1v) is 7.98. The Balaban J connectivity index is 2.39. The fourth-order valence-electron chi connectivity index (χ4n) is 3.09. The fourth-order valence-corrected chi connectivity index (χ4v) is 3.09. The first-order chi connectivity index (χ1) is 9.24. The highest BCUT2D eigenvalue weighted by atomic mass is 16.4. The second-order valence-electron chi connectivity index (χ2n) is 7.08. The molecule has 0 aliphatic carbocycles. The van der Waals surface area contributed by atoms with Gasteiger partial charge in [-0.05, 0) is 65.0 Å². The molecule has 1 saturated heterocycles. The molecule has 118 valence electrons. The van der Waals surface area contributed by atoms with E-state index in [0.717, 1.165) is 37.9 Å². The van der Waals surface area contributed by atoms with Crippen LogP contribution in [0.2, 0.25) is 0 Å². The zero-order valence-electron chi connectivity index (χ0n) is 13.8. The van der Waals surface area contributed by atoms with E-state index in [9.17, 15) is 9.90 Å². The van der Waals surface area contributed by atoms with Crippen molar-refractivity contribution in [3.8, 4) is 0 Å². The van der Waals surface area contributed by atoms with Gasteiger partial charge >= 0.3 is 5.97 Å². The molecule has 20 heavy (non-hydrogen) atoms. The van der Waals surface area contributed by atoms with Crippen LogP contribution in [0.5, 0.6) is 0 Å². The zero-order valence-corrected chi connectivity index (χ0v) is 13.8. The van der Waals surface area contributed by atoms with Crippen molar-refractivity contribution in [2.45, 2.75) is 65.5 Å². The molecule has 0 aromatic heterocycles. The predicted molar refractivity (Wildman–Crippen MR) is 82.9 cm³/mol. The molecule has 0 radical (unpaired) electrons. The summed E-state index contributed by atoms with van der Waals surface area (Å²) in [6.07, 6.45) is 2.88. The van der Waals surface area contributed by atoms with Crippen LogP contribution >= 0.6 is 0 Å². The van der Waals surface area contributed by atoms with Crippen LogP contribution in [0.25, 0.3) is 0 Å². The second kappa shape index (κ2) is 7.41. The molecule has 0 aromatic carbocycles. The Morgan fingerprint density at radius 2 is 2.05 bits per heavy atom. The van der Waals surface area contributed by atoms with E-state index in [1.165, 1.54) is 6.42 Å². The van der Waals surface area contributed by atoms with E-state index in [1.807, 2.05) is 13.8 Å². The van der Waals surface area contributed by atoms with Crippen LogP contribution in [0.1, 0.15) is 53.9 Å². The minimum absolute atomic E-state index is 0.187. The van der Waals surface area contributed by atoms with Gasteiger partial charge < -0.3 is 10.0 Å². The van der Waals surface area contributed by atoms with Crippen molar-refractivity contribution >= 4 is 5.97 Å². The molecule has 4 heteroatoms. The van der Waals surface area contributed by atoms with Crippen molar-refractivity contribution < 1.29 is 9.90 Å². The van der Waals surface area contributed by atoms with E-state index in [-0.39, 0.29) is 6.04 Å². The fraction of sp³-hybridized carbons (Fsp3) is 0.938. The van der Waals surface area contributed by atoms with Crippen LogP contribution in [0, 0.1) is 11.8 Å². The second-order valence-corrected chi connectivity index (χ2v) is 7.08. The predicted octanol–water partition coefficient (Wildman–Crippen LogP) is 2.59. The third-order valence-electron chi connectivity index (χ3n) is 4.65. The van der Waals surface area contributed by atoms with Crippen LogP contribution in [0.3, 0.4) is 0 Å². The number of carboxylic acids is 1. The first-order valence-electron chi connectivity index (χ1n) is 7.98. The largest absolute Gasteiger partial charge is 0.480 e. The first kappa shape index (κ1) is 17.4. The monoisotopic (exact) mass is 284 g/mol. The number of hydrogen-bond acceptors (Lipinski definition) is 3. The van der Waals surface area contributed by atoms with Gasteiger partial charge in [-0.15, -0.1) is 0 Å². The van der Waals surface area contributed by atoms with Crippen molar-refractivity contribution in [2.75, 3.05) is 19.6 Å². The molecular formula is C16H32N2O2. The number of hydrogen-bond donors (Lipinski definition) is 2. The number of carbonyl (C=O) groups is 1. The Morgan fingerprint density at radius 3 is 2.55 bits per heavy atom. The molecule has 1 fully saturated rings.